The molecular formula is C15H10Cl2NO. The molecule has 0 unspecified atom stereocenters. The van der Waals surface area contributed by atoms with Crippen molar-refractivity contribution in [1.82, 2.24) is 0 Å². The smallest absolute Gasteiger partial charge is 0.152 e. The first-order chi connectivity index (χ1) is 9.15. The molecule has 0 saturated carbocycles. The van der Waals surface area contributed by atoms with Crippen molar-refractivity contribution in [3.8, 4) is 16.9 Å². The molecule has 1 heterocycles. The van der Waals surface area contributed by atoms with Gasteiger partial charge in [0.1, 0.15) is 0 Å². The van der Waals surface area contributed by atoms with Gasteiger partial charge in [0, 0.05) is 12.1 Å². The maximum absolute atomic E-state index is 9.58. The van der Waals surface area contributed by atoms with E-state index in [1.165, 1.54) is 0 Å². The Kier molecular flexibility index (Phi) is 3.13. The lowest BCUT2D eigenvalue weighted by atomic mass is 9.99. The summed E-state index contributed by atoms with van der Waals surface area (Å²) in [5.41, 5.74) is 4.02. The van der Waals surface area contributed by atoms with Gasteiger partial charge in [0.15, 0.2) is 5.75 Å². The second kappa shape index (κ2) is 4.80. The SMILES string of the molecule is Oc1c(Cl)cc(-c2ccc3c(c2)[CH]C=CN3)cc1Cl. The van der Waals surface area contributed by atoms with E-state index in [1.54, 1.807) is 12.1 Å². The van der Waals surface area contributed by atoms with Crippen molar-refractivity contribution in [3.05, 3.63) is 64.6 Å². The monoisotopic (exact) mass is 290 g/mol. The Labute approximate surface area is 121 Å². The van der Waals surface area contributed by atoms with Gasteiger partial charge in [0.2, 0.25) is 0 Å². The minimum Gasteiger partial charge on any atom is -0.505 e. The van der Waals surface area contributed by atoms with Gasteiger partial charge in [-0.05, 0) is 47.2 Å². The van der Waals surface area contributed by atoms with E-state index < -0.39 is 0 Å². The summed E-state index contributed by atoms with van der Waals surface area (Å²) in [6.45, 7) is 0. The zero-order valence-corrected chi connectivity index (χ0v) is 11.3. The molecule has 2 aromatic rings. The largest absolute Gasteiger partial charge is 0.505 e. The van der Waals surface area contributed by atoms with Crippen molar-refractivity contribution in [2.75, 3.05) is 5.32 Å². The standard InChI is InChI=1S/C15H10Cl2NO/c16-12-7-11(8-13(17)15(12)19)9-3-4-14-10(6-9)2-1-5-18-14/h1-8,18-19H. The normalized spacial score (nSPS) is 12.9. The maximum atomic E-state index is 9.58. The van der Waals surface area contributed by atoms with Crippen LogP contribution in [0.5, 0.6) is 5.75 Å². The highest BCUT2D eigenvalue weighted by molar-refractivity contribution is 6.37. The number of benzene rings is 2. The van der Waals surface area contributed by atoms with Gasteiger partial charge in [-0.1, -0.05) is 35.3 Å². The van der Waals surface area contributed by atoms with E-state index in [2.05, 4.69) is 5.32 Å². The Morgan fingerprint density at radius 2 is 1.68 bits per heavy atom. The fraction of sp³-hybridized carbons (Fsp3) is 0. The van der Waals surface area contributed by atoms with Gasteiger partial charge in [-0.2, -0.15) is 0 Å². The summed E-state index contributed by atoms with van der Waals surface area (Å²) in [6.07, 6.45) is 5.86. The van der Waals surface area contributed by atoms with Crippen LogP contribution in [-0.4, -0.2) is 5.11 Å². The summed E-state index contributed by atoms with van der Waals surface area (Å²) in [6, 6.07) is 9.44. The number of anilines is 1. The summed E-state index contributed by atoms with van der Waals surface area (Å²) < 4.78 is 0. The molecule has 0 atom stereocenters. The van der Waals surface area contributed by atoms with Crippen molar-refractivity contribution in [1.29, 1.82) is 0 Å². The van der Waals surface area contributed by atoms with Crippen molar-refractivity contribution >= 4 is 28.9 Å². The molecule has 0 fully saturated rings. The molecule has 2 aromatic carbocycles. The van der Waals surface area contributed by atoms with Crippen LogP contribution >= 0.6 is 23.2 Å². The third-order valence-electron chi connectivity index (χ3n) is 3.01. The lowest BCUT2D eigenvalue weighted by Crippen LogP contribution is -1.98. The average Bonchev–Trinajstić information content (AvgIpc) is 2.43. The molecule has 2 nitrogen and oxygen atoms in total. The van der Waals surface area contributed by atoms with Gasteiger partial charge >= 0.3 is 0 Å². The Morgan fingerprint density at radius 1 is 0.947 bits per heavy atom. The second-order valence-corrected chi connectivity index (χ2v) is 5.08. The Morgan fingerprint density at radius 3 is 2.42 bits per heavy atom. The molecule has 95 valence electrons. The van der Waals surface area contributed by atoms with Crippen LogP contribution in [0.15, 0.2) is 42.6 Å². The molecule has 4 heteroatoms. The summed E-state index contributed by atoms with van der Waals surface area (Å²) in [7, 11) is 0. The second-order valence-electron chi connectivity index (χ2n) is 4.26. The molecule has 0 aromatic heterocycles. The maximum Gasteiger partial charge on any atom is 0.152 e. The summed E-state index contributed by atoms with van der Waals surface area (Å²) in [5.74, 6) is -0.0822. The predicted molar refractivity (Wildman–Crippen MR) is 79.7 cm³/mol. The van der Waals surface area contributed by atoms with Crippen LogP contribution in [0.4, 0.5) is 5.69 Å². The van der Waals surface area contributed by atoms with Gasteiger partial charge < -0.3 is 10.4 Å². The number of hydrogen-bond donors (Lipinski definition) is 2. The fourth-order valence-corrected chi connectivity index (χ4v) is 2.52. The van der Waals surface area contributed by atoms with E-state index in [-0.39, 0.29) is 15.8 Å². The summed E-state index contributed by atoms with van der Waals surface area (Å²) >= 11 is 11.9. The number of rotatable bonds is 1. The first-order valence-electron chi connectivity index (χ1n) is 5.74. The molecule has 1 aliphatic heterocycles. The number of aromatic hydroxyl groups is 1. The lowest BCUT2D eigenvalue weighted by molar-refractivity contribution is 0.476. The van der Waals surface area contributed by atoms with Crippen LogP contribution in [0.1, 0.15) is 5.56 Å². The van der Waals surface area contributed by atoms with Crippen molar-refractivity contribution in [2.24, 2.45) is 0 Å². The Bertz CT molecular complexity index is 657. The highest BCUT2D eigenvalue weighted by Crippen LogP contribution is 2.37. The third-order valence-corrected chi connectivity index (χ3v) is 3.59. The molecule has 1 aliphatic rings. The number of allylic oxidation sites excluding steroid dienone is 1. The van der Waals surface area contributed by atoms with E-state index in [4.69, 9.17) is 23.2 Å². The zero-order chi connectivity index (χ0) is 13.4. The van der Waals surface area contributed by atoms with Crippen LogP contribution < -0.4 is 5.32 Å². The van der Waals surface area contributed by atoms with Crippen LogP contribution in [0, 0.1) is 6.42 Å². The summed E-state index contributed by atoms with van der Waals surface area (Å²) in [4.78, 5) is 0. The lowest BCUT2D eigenvalue weighted by Gasteiger charge is -2.14. The van der Waals surface area contributed by atoms with Crippen molar-refractivity contribution in [2.45, 2.75) is 0 Å². The topological polar surface area (TPSA) is 32.3 Å². The highest BCUT2D eigenvalue weighted by Gasteiger charge is 2.10. The number of nitrogens with one attached hydrogen (secondary N) is 1. The van der Waals surface area contributed by atoms with Crippen LogP contribution in [0.3, 0.4) is 0 Å². The molecular weight excluding hydrogens is 281 g/mol. The highest BCUT2D eigenvalue weighted by atomic mass is 35.5. The van der Waals surface area contributed by atoms with E-state index >= 15 is 0 Å². The molecule has 2 N–H and O–H groups in total. The Balaban J connectivity index is 2.08. The van der Waals surface area contributed by atoms with Crippen LogP contribution in [0.2, 0.25) is 10.0 Å². The Hall–Kier alpha value is -1.64. The number of halogens is 2. The predicted octanol–water partition coefficient (Wildman–Crippen LogP) is 4.86. The molecule has 0 saturated heterocycles. The van der Waals surface area contributed by atoms with E-state index in [0.717, 1.165) is 22.4 Å². The van der Waals surface area contributed by atoms with Crippen molar-refractivity contribution < 1.29 is 5.11 Å². The first kappa shape index (κ1) is 12.4. The van der Waals surface area contributed by atoms with E-state index in [9.17, 15) is 5.11 Å². The van der Waals surface area contributed by atoms with E-state index in [0.29, 0.717) is 0 Å². The quantitative estimate of drug-likeness (QED) is 0.786. The summed E-state index contributed by atoms with van der Waals surface area (Å²) in [5, 5.41) is 13.3. The number of fused-ring (bicyclic) bond motifs is 1. The van der Waals surface area contributed by atoms with Crippen molar-refractivity contribution in [3.63, 3.8) is 0 Å². The van der Waals surface area contributed by atoms with Gasteiger partial charge in [-0.15, -0.1) is 0 Å². The molecule has 19 heavy (non-hydrogen) atoms. The molecule has 3 rings (SSSR count). The number of phenolic OH excluding ortho intramolecular Hbond substituents is 1. The molecule has 0 spiro atoms. The average molecular weight is 291 g/mol. The minimum absolute atomic E-state index is 0.0822. The van der Waals surface area contributed by atoms with Gasteiger partial charge in [-0.3, -0.25) is 0 Å². The van der Waals surface area contributed by atoms with Gasteiger partial charge in [0.25, 0.3) is 0 Å². The first-order valence-corrected chi connectivity index (χ1v) is 6.49. The molecule has 1 radical (unpaired) electrons. The molecule has 0 bridgehead atoms. The zero-order valence-electron chi connectivity index (χ0n) is 9.82. The number of phenols is 1. The van der Waals surface area contributed by atoms with Gasteiger partial charge in [0.05, 0.1) is 10.0 Å². The van der Waals surface area contributed by atoms with Crippen LogP contribution in [-0.2, 0) is 0 Å². The van der Waals surface area contributed by atoms with Crippen LogP contribution in [0.25, 0.3) is 11.1 Å². The minimum atomic E-state index is -0.0822. The molecule has 0 amide bonds. The third kappa shape index (κ3) is 2.29. The molecule has 0 aliphatic carbocycles. The van der Waals surface area contributed by atoms with Gasteiger partial charge in [-0.25, -0.2) is 0 Å². The van der Waals surface area contributed by atoms with E-state index in [1.807, 2.05) is 36.9 Å². The fourth-order valence-electron chi connectivity index (χ4n) is 2.03. The number of hydrogen-bond acceptors (Lipinski definition) is 2.